The van der Waals surface area contributed by atoms with Gasteiger partial charge in [-0.15, -0.1) is 0 Å². The molecule has 17 heavy (non-hydrogen) atoms. The van der Waals surface area contributed by atoms with E-state index in [-0.39, 0.29) is 0 Å². The van der Waals surface area contributed by atoms with Crippen LogP contribution in [-0.2, 0) is 0 Å². The van der Waals surface area contributed by atoms with E-state index >= 15 is 0 Å². The largest absolute Gasteiger partial charge is 0.381 e. The normalized spacial score (nSPS) is 17.7. The summed E-state index contributed by atoms with van der Waals surface area (Å²) in [6.45, 7) is 2.24. The molecule has 1 aromatic rings. The molecule has 1 aromatic carbocycles. The zero-order chi connectivity index (χ0) is 12.3. The number of nitrogens with zero attached hydrogens (tertiary/aromatic N) is 2. The van der Waals surface area contributed by atoms with E-state index in [0.29, 0.717) is 11.6 Å². The van der Waals surface area contributed by atoms with Gasteiger partial charge in [0.2, 0.25) is 0 Å². The summed E-state index contributed by atoms with van der Waals surface area (Å²) in [4.78, 5) is 2.34. The summed E-state index contributed by atoms with van der Waals surface area (Å²) in [6.07, 6.45) is 2.27. The summed E-state index contributed by atoms with van der Waals surface area (Å²) in [6, 6.07) is 8.44. The van der Waals surface area contributed by atoms with E-state index < -0.39 is 0 Å². The molecule has 0 spiro atoms. The molecule has 0 unspecified atom stereocenters. The lowest BCUT2D eigenvalue weighted by molar-refractivity contribution is 0.264. The molecule has 4 heteroatoms. The second-order valence-corrected chi connectivity index (χ2v) is 5.44. The van der Waals surface area contributed by atoms with E-state index in [1.54, 1.807) is 0 Å². The summed E-state index contributed by atoms with van der Waals surface area (Å²) in [7, 11) is 2.15. The van der Waals surface area contributed by atoms with E-state index in [1.807, 2.05) is 18.2 Å². The Kier molecular flexibility index (Phi) is 4.03. The molecule has 1 fully saturated rings. The summed E-state index contributed by atoms with van der Waals surface area (Å²) in [5.74, 6) is 0. The number of rotatable bonds is 2. The van der Waals surface area contributed by atoms with Gasteiger partial charge in [-0.05, 0) is 51.2 Å². The Bertz CT molecular complexity index is 431. The van der Waals surface area contributed by atoms with Crippen LogP contribution in [0.5, 0.6) is 0 Å². The first-order valence-corrected chi connectivity index (χ1v) is 6.63. The highest BCUT2D eigenvalue weighted by Crippen LogP contribution is 2.23. The Balaban J connectivity index is 2.08. The molecule has 90 valence electrons. The molecule has 1 saturated heterocycles. The van der Waals surface area contributed by atoms with E-state index in [0.717, 1.165) is 36.1 Å². The van der Waals surface area contributed by atoms with Crippen molar-refractivity contribution in [3.8, 4) is 6.07 Å². The van der Waals surface area contributed by atoms with Crippen LogP contribution in [0, 0.1) is 11.3 Å². The molecule has 1 aliphatic heterocycles. The smallest absolute Gasteiger partial charge is 0.101 e. The molecule has 0 aromatic heterocycles. The molecule has 0 radical (unpaired) electrons. The van der Waals surface area contributed by atoms with Gasteiger partial charge < -0.3 is 10.2 Å². The standard InChI is InChI=1S/C13H16BrN3/c1-17-6-4-12(5-7-17)16-13-8-11(14)3-2-10(13)9-15/h2-3,8,12,16H,4-7H2,1H3. The molecule has 1 heterocycles. The molecular weight excluding hydrogens is 278 g/mol. The van der Waals surface area contributed by atoms with Crippen LogP contribution in [0.1, 0.15) is 18.4 Å². The van der Waals surface area contributed by atoms with Crippen molar-refractivity contribution in [2.45, 2.75) is 18.9 Å². The lowest BCUT2D eigenvalue weighted by atomic mass is 10.0. The number of anilines is 1. The highest BCUT2D eigenvalue weighted by Gasteiger charge is 2.17. The predicted octanol–water partition coefficient (Wildman–Crippen LogP) is 2.83. The van der Waals surface area contributed by atoms with Crippen molar-refractivity contribution >= 4 is 21.6 Å². The second kappa shape index (κ2) is 5.52. The quantitative estimate of drug-likeness (QED) is 0.911. The maximum Gasteiger partial charge on any atom is 0.101 e. The zero-order valence-corrected chi connectivity index (χ0v) is 11.5. The minimum absolute atomic E-state index is 0.479. The summed E-state index contributed by atoms with van der Waals surface area (Å²) in [5, 5.41) is 12.5. The van der Waals surface area contributed by atoms with Gasteiger partial charge in [0.15, 0.2) is 0 Å². The average molecular weight is 294 g/mol. The number of nitriles is 1. The fourth-order valence-electron chi connectivity index (χ4n) is 2.11. The first kappa shape index (κ1) is 12.4. The van der Waals surface area contributed by atoms with Crippen molar-refractivity contribution in [1.29, 1.82) is 5.26 Å². The number of benzene rings is 1. The number of piperidine rings is 1. The van der Waals surface area contributed by atoms with Crippen molar-refractivity contribution in [3.05, 3.63) is 28.2 Å². The lowest BCUT2D eigenvalue weighted by Crippen LogP contribution is -2.36. The zero-order valence-electron chi connectivity index (χ0n) is 9.91. The van der Waals surface area contributed by atoms with Gasteiger partial charge in [-0.3, -0.25) is 0 Å². The van der Waals surface area contributed by atoms with Crippen LogP contribution in [0.3, 0.4) is 0 Å². The van der Waals surface area contributed by atoms with Crippen molar-refractivity contribution in [1.82, 2.24) is 4.90 Å². The van der Waals surface area contributed by atoms with Crippen LogP contribution in [0.2, 0.25) is 0 Å². The summed E-state index contributed by atoms with van der Waals surface area (Å²) in [5.41, 5.74) is 1.66. The third kappa shape index (κ3) is 3.21. The van der Waals surface area contributed by atoms with E-state index in [1.165, 1.54) is 0 Å². The topological polar surface area (TPSA) is 39.1 Å². The number of halogens is 1. The molecule has 0 saturated carbocycles. The summed E-state index contributed by atoms with van der Waals surface area (Å²) < 4.78 is 1.01. The molecule has 3 nitrogen and oxygen atoms in total. The third-order valence-corrected chi connectivity index (χ3v) is 3.67. The fourth-order valence-corrected chi connectivity index (χ4v) is 2.47. The molecule has 0 amide bonds. The van der Waals surface area contributed by atoms with Crippen LogP contribution >= 0.6 is 15.9 Å². The highest BCUT2D eigenvalue weighted by atomic mass is 79.9. The minimum Gasteiger partial charge on any atom is -0.381 e. The van der Waals surface area contributed by atoms with Gasteiger partial charge in [0.05, 0.1) is 11.3 Å². The third-order valence-electron chi connectivity index (χ3n) is 3.18. The Morgan fingerprint density at radius 3 is 2.76 bits per heavy atom. The fraction of sp³-hybridized carbons (Fsp3) is 0.462. The molecule has 1 aliphatic rings. The van der Waals surface area contributed by atoms with Crippen LogP contribution in [0.25, 0.3) is 0 Å². The number of hydrogen-bond donors (Lipinski definition) is 1. The maximum atomic E-state index is 9.07. The molecule has 0 aliphatic carbocycles. The van der Waals surface area contributed by atoms with E-state index in [9.17, 15) is 0 Å². The lowest BCUT2D eigenvalue weighted by Gasteiger charge is -2.30. The van der Waals surface area contributed by atoms with Crippen molar-refractivity contribution in [2.24, 2.45) is 0 Å². The Labute approximate surface area is 111 Å². The van der Waals surface area contributed by atoms with Crippen LogP contribution in [0.4, 0.5) is 5.69 Å². The predicted molar refractivity (Wildman–Crippen MR) is 73.0 cm³/mol. The van der Waals surface area contributed by atoms with Gasteiger partial charge in [0, 0.05) is 10.5 Å². The van der Waals surface area contributed by atoms with Crippen LogP contribution in [-0.4, -0.2) is 31.1 Å². The Morgan fingerprint density at radius 1 is 1.41 bits per heavy atom. The van der Waals surface area contributed by atoms with E-state index in [4.69, 9.17) is 5.26 Å². The highest BCUT2D eigenvalue weighted by molar-refractivity contribution is 9.10. The Morgan fingerprint density at radius 2 is 2.12 bits per heavy atom. The number of nitrogens with one attached hydrogen (secondary N) is 1. The second-order valence-electron chi connectivity index (χ2n) is 4.52. The molecule has 1 N–H and O–H groups in total. The van der Waals surface area contributed by atoms with Crippen molar-refractivity contribution < 1.29 is 0 Å². The van der Waals surface area contributed by atoms with Gasteiger partial charge in [-0.25, -0.2) is 0 Å². The monoisotopic (exact) mass is 293 g/mol. The maximum absolute atomic E-state index is 9.07. The number of likely N-dealkylation sites (tertiary alicyclic amines) is 1. The molecular formula is C13H16BrN3. The first-order chi connectivity index (χ1) is 8.19. The van der Waals surface area contributed by atoms with Gasteiger partial charge in [-0.2, -0.15) is 5.26 Å². The molecule has 2 rings (SSSR count). The van der Waals surface area contributed by atoms with Gasteiger partial charge >= 0.3 is 0 Å². The SMILES string of the molecule is CN1CCC(Nc2cc(Br)ccc2C#N)CC1. The van der Waals surface area contributed by atoms with Gasteiger partial charge in [-0.1, -0.05) is 15.9 Å². The van der Waals surface area contributed by atoms with Crippen LogP contribution in [0.15, 0.2) is 22.7 Å². The molecule has 0 atom stereocenters. The van der Waals surface area contributed by atoms with Crippen molar-refractivity contribution in [2.75, 3.05) is 25.5 Å². The average Bonchev–Trinajstić information content (AvgIpc) is 2.32. The van der Waals surface area contributed by atoms with E-state index in [2.05, 4.69) is 39.3 Å². The van der Waals surface area contributed by atoms with Crippen molar-refractivity contribution in [3.63, 3.8) is 0 Å². The number of hydrogen-bond acceptors (Lipinski definition) is 3. The molecule has 0 bridgehead atoms. The Hall–Kier alpha value is -1.05. The van der Waals surface area contributed by atoms with Gasteiger partial charge in [0.25, 0.3) is 0 Å². The van der Waals surface area contributed by atoms with Gasteiger partial charge in [0.1, 0.15) is 6.07 Å². The summed E-state index contributed by atoms with van der Waals surface area (Å²) >= 11 is 3.44. The van der Waals surface area contributed by atoms with Crippen LogP contribution < -0.4 is 5.32 Å². The minimum atomic E-state index is 0.479. The first-order valence-electron chi connectivity index (χ1n) is 5.84.